The molecule has 0 saturated carbocycles. The second-order valence-electron chi connectivity index (χ2n) is 3.34. The lowest BCUT2D eigenvalue weighted by molar-refractivity contribution is 0.467. The second kappa shape index (κ2) is 6.83. The third-order valence-electron chi connectivity index (χ3n) is 1.18. The highest BCUT2D eigenvalue weighted by molar-refractivity contribution is 8.69. The molecule has 6 heteroatoms. The van der Waals surface area contributed by atoms with Crippen LogP contribution in [0.25, 0.3) is 0 Å². The Labute approximate surface area is 96.0 Å². The van der Waals surface area contributed by atoms with Crippen LogP contribution in [0.4, 0.5) is 0 Å². The van der Waals surface area contributed by atoms with E-state index < -0.39 is 5.62 Å². The first kappa shape index (κ1) is 14.4. The van der Waals surface area contributed by atoms with Gasteiger partial charge in [-0.25, -0.2) is 0 Å². The molecule has 0 aliphatic rings. The molecule has 0 bridgehead atoms. The topological polar surface area (TPSA) is 33.6 Å². The monoisotopic (exact) mass is 254 g/mol. The Kier molecular flexibility index (Phi) is 7.04. The van der Waals surface area contributed by atoms with Crippen molar-refractivity contribution in [1.82, 2.24) is 5.09 Å². The van der Waals surface area contributed by atoms with E-state index in [4.69, 9.17) is 16.3 Å². The lowest BCUT2D eigenvalue weighted by atomic mass is 10.4. The summed E-state index contributed by atoms with van der Waals surface area (Å²) in [6.45, 7) is 8.24. The Morgan fingerprint density at radius 1 is 1.43 bits per heavy atom. The van der Waals surface area contributed by atoms with E-state index in [0.717, 1.165) is 0 Å². The smallest absolute Gasteiger partial charge is 0.211 e. The molecule has 0 spiro atoms. The Morgan fingerprint density at radius 3 is 2.36 bits per heavy atom. The van der Waals surface area contributed by atoms with Gasteiger partial charge in [0, 0.05) is 18.4 Å². The van der Waals surface area contributed by atoms with Crippen molar-refractivity contribution in [2.75, 3.05) is 7.11 Å². The molecule has 0 heterocycles. The minimum atomic E-state index is -1.96. The summed E-state index contributed by atoms with van der Waals surface area (Å²) in [5, 5.41) is 3.54. The van der Waals surface area contributed by atoms with Crippen molar-refractivity contribution in [3.63, 3.8) is 0 Å². The molecule has 0 aromatic rings. The van der Waals surface area contributed by atoms with Gasteiger partial charge in [0.15, 0.2) is 0 Å². The van der Waals surface area contributed by atoms with Crippen molar-refractivity contribution in [1.29, 1.82) is 0 Å². The van der Waals surface area contributed by atoms with Crippen molar-refractivity contribution in [3.8, 4) is 0 Å². The maximum absolute atomic E-state index is 5.38. The minimum Gasteiger partial charge on any atom is -0.330 e. The predicted molar refractivity (Wildman–Crippen MR) is 70.8 cm³/mol. The van der Waals surface area contributed by atoms with Crippen LogP contribution in [0.3, 0.4) is 0 Å². The maximum atomic E-state index is 5.38. The van der Waals surface area contributed by atoms with Gasteiger partial charge in [-0.1, -0.05) is 25.2 Å². The average molecular weight is 254 g/mol. The van der Waals surface area contributed by atoms with E-state index in [2.05, 4.69) is 23.9 Å². The van der Waals surface area contributed by atoms with Gasteiger partial charge in [0.25, 0.3) is 0 Å². The van der Waals surface area contributed by atoms with E-state index in [-0.39, 0.29) is 6.04 Å². The summed E-state index contributed by atoms with van der Waals surface area (Å²) in [5.41, 5.74) is -1.96. The molecule has 1 atom stereocenters. The fourth-order valence-electron chi connectivity index (χ4n) is 0.657. The summed E-state index contributed by atoms with van der Waals surface area (Å²) in [7, 11) is 1.65. The number of aliphatic imine (C=N–C) groups is 1. The Bertz CT molecular complexity index is 231. The molecule has 0 rings (SSSR count). The zero-order valence-corrected chi connectivity index (χ0v) is 11.9. The standard InChI is InChI=1S/C8H19N2OPS2/c1-7(2)9-6-10-12(13,11-5)14-8(3)4/h6-8H,1-5H3,(H,9,10,13). The molecule has 0 aliphatic carbocycles. The molecule has 0 aliphatic heterocycles. The van der Waals surface area contributed by atoms with Gasteiger partial charge < -0.3 is 9.61 Å². The highest BCUT2D eigenvalue weighted by Gasteiger charge is 2.16. The van der Waals surface area contributed by atoms with Crippen LogP contribution in [0.5, 0.6) is 0 Å². The molecule has 1 unspecified atom stereocenters. The first-order valence-corrected chi connectivity index (χ1v) is 8.73. The third-order valence-corrected chi connectivity index (χ3v) is 7.19. The van der Waals surface area contributed by atoms with Crippen LogP contribution in [-0.2, 0) is 16.3 Å². The van der Waals surface area contributed by atoms with Gasteiger partial charge in [-0.15, -0.1) is 0 Å². The van der Waals surface area contributed by atoms with Crippen molar-refractivity contribution in [2.45, 2.75) is 39.0 Å². The molecule has 0 aromatic carbocycles. The lowest BCUT2D eigenvalue weighted by Gasteiger charge is -2.20. The number of hydrogen-bond donors (Lipinski definition) is 1. The number of rotatable bonds is 6. The molecule has 14 heavy (non-hydrogen) atoms. The van der Waals surface area contributed by atoms with E-state index in [1.165, 1.54) is 0 Å². The quantitative estimate of drug-likeness (QED) is 0.449. The van der Waals surface area contributed by atoms with Crippen LogP contribution >= 0.6 is 17.0 Å². The number of nitrogens with one attached hydrogen (secondary N) is 1. The van der Waals surface area contributed by atoms with E-state index >= 15 is 0 Å². The van der Waals surface area contributed by atoms with Gasteiger partial charge in [0.05, 0.1) is 6.34 Å². The normalized spacial score (nSPS) is 16.5. The first-order valence-electron chi connectivity index (χ1n) is 4.53. The van der Waals surface area contributed by atoms with Gasteiger partial charge in [-0.05, 0) is 25.7 Å². The highest BCUT2D eigenvalue weighted by Crippen LogP contribution is 2.56. The van der Waals surface area contributed by atoms with Gasteiger partial charge in [-0.3, -0.25) is 4.99 Å². The summed E-state index contributed by atoms with van der Waals surface area (Å²) >= 11 is 7.04. The SMILES string of the molecule is COP(=S)(NC=NC(C)C)SC(C)C. The van der Waals surface area contributed by atoms with Crippen LogP contribution < -0.4 is 5.09 Å². The fraction of sp³-hybridized carbons (Fsp3) is 0.875. The second-order valence-corrected chi connectivity index (χ2v) is 10.5. The molecule has 0 radical (unpaired) electrons. The summed E-state index contributed by atoms with van der Waals surface area (Å²) in [6, 6.07) is 0.284. The first-order chi connectivity index (χ1) is 6.39. The lowest BCUT2D eigenvalue weighted by Crippen LogP contribution is -2.09. The van der Waals surface area contributed by atoms with Crippen LogP contribution in [0, 0.1) is 0 Å². The summed E-state index contributed by atoms with van der Waals surface area (Å²) < 4.78 is 5.32. The van der Waals surface area contributed by atoms with E-state index in [1.807, 2.05) is 13.8 Å². The predicted octanol–water partition coefficient (Wildman–Crippen LogP) is 3.03. The van der Waals surface area contributed by atoms with E-state index in [0.29, 0.717) is 5.25 Å². The number of hydrogen-bond acceptors (Lipinski definition) is 4. The van der Waals surface area contributed by atoms with Gasteiger partial charge >= 0.3 is 0 Å². The molecular weight excluding hydrogens is 235 g/mol. The summed E-state index contributed by atoms with van der Waals surface area (Å²) in [6.07, 6.45) is 1.67. The average Bonchev–Trinajstić information content (AvgIpc) is 2.02. The van der Waals surface area contributed by atoms with Gasteiger partial charge in [0.1, 0.15) is 0 Å². The van der Waals surface area contributed by atoms with Crippen LogP contribution in [0.15, 0.2) is 4.99 Å². The van der Waals surface area contributed by atoms with Crippen molar-refractivity contribution in [3.05, 3.63) is 0 Å². The maximum Gasteiger partial charge on any atom is 0.211 e. The van der Waals surface area contributed by atoms with Gasteiger partial charge in [0.2, 0.25) is 5.62 Å². The molecule has 84 valence electrons. The van der Waals surface area contributed by atoms with Crippen LogP contribution in [-0.4, -0.2) is 24.7 Å². The Balaban J connectivity index is 4.19. The van der Waals surface area contributed by atoms with Crippen molar-refractivity contribution in [2.24, 2.45) is 4.99 Å². The zero-order valence-electron chi connectivity index (χ0n) is 9.35. The number of nitrogens with zero attached hydrogens (tertiary/aromatic N) is 1. The largest absolute Gasteiger partial charge is 0.330 e. The molecule has 0 fully saturated rings. The molecule has 0 amide bonds. The molecule has 1 N–H and O–H groups in total. The molecular formula is C8H19N2OPS2. The Hall–Kier alpha value is 0.430. The molecule has 0 aromatic heterocycles. The van der Waals surface area contributed by atoms with Gasteiger partial charge in [-0.2, -0.15) is 0 Å². The van der Waals surface area contributed by atoms with Crippen molar-refractivity contribution < 1.29 is 4.52 Å². The summed E-state index contributed by atoms with van der Waals surface area (Å²) in [4.78, 5) is 4.20. The van der Waals surface area contributed by atoms with E-state index in [1.54, 1.807) is 24.8 Å². The third kappa shape index (κ3) is 6.82. The minimum absolute atomic E-state index is 0.284. The van der Waals surface area contributed by atoms with Crippen molar-refractivity contribution >= 4 is 35.1 Å². The molecule has 0 saturated heterocycles. The fourth-order valence-corrected chi connectivity index (χ4v) is 5.61. The van der Waals surface area contributed by atoms with Crippen LogP contribution in [0.2, 0.25) is 0 Å². The van der Waals surface area contributed by atoms with Crippen LogP contribution in [0.1, 0.15) is 27.7 Å². The highest BCUT2D eigenvalue weighted by atomic mass is 32.9. The summed E-state index contributed by atoms with van der Waals surface area (Å²) in [5.74, 6) is 0. The molecule has 3 nitrogen and oxygen atoms in total. The van der Waals surface area contributed by atoms with E-state index in [9.17, 15) is 0 Å². The Morgan fingerprint density at radius 2 is 2.00 bits per heavy atom. The zero-order chi connectivity index (χ0) is 11.2.